The first-order chi connectivity index (χ1) is 41.5. The molecule has 15 saturated carbocycles. The lowest BCUT2D eigenvalue weighted by molar-refractivity contribution is -0.193. The van der Waals surface area contributed by atoms with E-state index in [1.807, 2.05) is 62.3 Å². The molecule has 0 amide bonds. The van der Waals surface area contributed by atoms with E-state index in [1.54, 1.807) is 0 Å². The van der Waals surface area contributed by atoms with E-state index >= 15 is 0 Å². The van der Waals surface area contributed by atoms with Crippen molar-refractivity contribution in [1.29, 1.82) is 0 Å². The predicted octanol–water partition coefficient (Wildman–Crippen LogP) is 14.1. The minimum absolute atomic E-state index is 0.0602. The number of hydrogen-bond donors (Lipinski definition) is 0. The summed E-state index contributed by atoms with van der Waals surface area (Å²) in [6.45, 7) is 18.5. The molecule has 0 N–H and O–H groups in total. The Bertz CT molecular complexity index is 2360. The first-order valence-corrected chi connectivity index (χ1v) is 35.4. The molecule has 0 heterocycles. The van der Waals surface area contributed by atoms with Crippen molar-refractivity contribution in [2.75, 3.05) is 27.0 Å². The molecule has 0 radical (unpaired) electrons. The molecule has 0 aromatic carbocycles. The van der Waals surface area contributed by atoms with Gasteiger partial charge < -0.3 is 42.6 Å². The zero-order valence-corrected chi connectivity index (χ0v) is 54.9. The van der Waals surface area contributed by atoms with Crippen LogP contribution in [-0.2, 0) is 71.4 Å². The van der Waals surface area contributed by atoms with Crippen LogP contribution < -0.4 is 0 Å². The molecular weight excluding hydrogens is 1100 g/mol. The Balaban J connectivity index is 0.000000136. The van der Waals surface area contributed by atoms with Crippen LogP contribution in [0.1, 0.15) is 242 Å². The molecule has 15 fully saturated rings. The van der Waals surface area contributed by atoms with Gasteiger partial charge in [-0.3, -0.25) is 28.8 Å². The van der Waals surface area contributed by atoms with Gasteiger partial charge in [0.1, 0.15) is 18.3 Å². The molecule has 14 bridgehead atoms. The van der Waals surface area contributed by atoms with Gasteiger partial charge >= 0.3 is 35.8 Å². The first kappa shape index (κ1) is 65.2. The molecule has 15 aliphatic rings. The summed E-state index contributed by atoms with van der Waals surface area (Å²) in [7, 11) is 0. The Morgan fingerprint density at radius 3 is 1.10 bits per heavy atom. The largest absolute Gasteiger partial charge is 0.462 e. The van der Waals surface area contributed by atoms with E-state index in [0.29, 0.717) is 35.0 Å². The lowest BCUT2D eigenvalue weighted by atomic mass is 9.50. The maximum absolute atomic E-state index is 12.8. The van der Waals surface area contributed by atoms with Gasteiger partial charge in [-0.15, -0.1) is 0 Å². The van der Waals surface area contributed by atoms with Crippen molar-refractivity contribution in [2.24, 2.45) is 116 Å². The standard InChI is InChI=1S/C26H40O5.C25H38O5.C21H34O5/c1-4-25(2,3)24(28)31-22-10-16-8-20(22)21(9-16)23(27)30-15-29-14-26-11-17-5-18(12-26)7-19(6-17)13-26;1-4-25(2,3)24(27)30-21-12-16-10-19(21)20(11-16)23(26)29-13-28-22-17-6-14-5-15(8-17)9-18(22)7-14;1-4-21(2,3)20(23)26-18-12-14-10-16(18)17(11-14)19(22)25-13-24-15-8-6-5-7-9-15/h16-22H,4-15H2,1-3H3;14-22H,4-13H2,1-3H3;14-18H,4-13H2,1-3H3. The van der Waals surface area contributed by atoms with E-state index in [2.05, 4.69) is 0 Å². The Kier molecular flexibility index (Phi) is 20.3. The van der Waals surface area contributed by atoms with Crippen LogP contribution in [-0.4, -0.2) is 93.3 Å². The molecule has 12 unspecified atom stereocenters. The number of ether oxygens (including phenoxy) is 9. The highest BCUT2D eigenvalue weighted by molar-refractivity contribution is 5.78. The second-order valence-corrected chi connectivity index (χ2v) is 33.1. The van der Waals surface area contributed by atoms with Gasteiger partial charge in [0, 0.05) is 17.8 Å². The molecule has 87 heavy (non-hydrogen) atoms. The molecule has 15 heteroatoms. The zero-order valence-electron chi connectivity index (χ0n) is 54.9. The third-order valence-electron chi connectivity index (χ3n) is 25.8. The van der Waals surface area contributed by atoms with Crippen LogP contribution in [0.25, 0.3) is 0 Å². The van der Waals surface area contributed by atoms with Gasteiger partial charge in [-0.25, -0.2) is 0 Å². The Morgan fingerprint density at radius 1 is 0.391 bits per heavy atom. The lowest BCUT2D eigenvalue weighted by Crippen LogP contribution is -2.49. The summed E-state index contributed by atoms with van der Waals surface area (Å²) < 4.78 is 52.0. The second-order valence-electron chi connectivity index (χ2n) is 33.1. The van der Waals surface area contributed by atoms with Crippen molar-refractivity contribution < 1.29 is 71.4 Å². The van der Waals surface area contributed by atoms with Gasteiger partial charge in [0.2, 0.25) is 0 Å². The van der Waals surface area contributed by atoms with Crippen LogP contribution >= 0.6 is 0 Å². The molecule has 0 aromatic heterocycles. The number of fused-ring (bicyclic) bond motifs is 6. The number of carbonyl (C=O) groups excluding carboxylic acids is 6. The molecule has 0 saturated heterocycles. The fourth-order valence-electron chi connectivity index (χ4n) is 20.3. The highest BCUT2D eigenvalue weighted by atomic mass is 16.7. The monoisotopic (exact) mass is 1220 g/mol. The third-order valence-corrected chi connectivity index (χ3v) is 25.8. The first-order valence-electron chi connectivity index (χ1n) is 35.4. The van der Waals surface area contributed by atoms with E-state index in [4.69, 9.17) is 42.6 Å². The Hall–Kier alpha value is -3.30. The summed E-state index contributed by atoms with van der Waals surface area (Å²) in [5, 5.41) is 0. The topological polar surface area (TPSA) is 185 Å². The van der Waals surface area contributed by atoms with Gasteiger partial charge in [0.25, 0.3) is 0 Å². The summed E-state index contributed by atoms with van der Waals surface area (Å²) >= 11 is 0. The molecule has 0 spiro atoms. The Morgan fingerprint density at radius 2 is 0.736 bits per heavy atom. The number of rotatable bonds is 22. The molecule has 15 aliphatic carbocycles. The van der Waals surface area contributed by atoms with Crippen molar-refractivity contribution in [3.05, 3.63) is 0 Å². The van der Waals surface area contributed by atoms with Gasteiger partial charge in [-0.05, 0) is 267 Å². The van der Waals surface area contributed by atoms with Gasteiger partial charge in [0.15, 0.2) is 20.4 Å². The Labute approximate surface area is 521 Å². The molecule has 15 rings (SSSR count). The van der Waals surface area contributed by atoms with Crippen molar-refractivity contribution in [3.8, 4) is 0 Å². The van der Waals surface area contributed by atoms with Crippen LogP contribution in [0.15, 0.2) is 0 Å². The summed E-state index contributed by atoms with van der Waals surface area (Å²) in [5.41, 5.74) is -1.06. The third kappa shape index (κ3) is 14.8. The van der Waals surface area contributed by atoms with Crippen LogP contribution in [0.5, 0.6) is 0 Å². The van der Waals surface area contributed by atoms with Crippen molar-refractivity contribution >= 4 is 35.8 Å². The van der Waals surface area contributed by atoms with Gasteiger partial charge in [-0.1, -0.05) is 40.0 Å². The van der Waals surface area contributed by atoms with E-state index < -0.39 is 16.2 Å². The maximum Gasteiger partial charge on any atom is 0.311 e. The summed E-state index contributed by atoms with van der Waals surface area (Å²) in [4.78, 5) is 75.6. The lowest BCUT2D eigenvalue weighted by Gasteiger charge is -2.56. The molecule has 0 aromatic rings. The molecular formula is C72H112O15. The van der Waals surface area contributed by atoms with Gasteiger partial charge in [-0.2, -0.15) is 0 Å². The minimum atomic E-state index is -0.469. The van der Waals surface area contributed by atoms with E-state index in [-0.39, 0.29) is 122 Å². The number of carbonyl (C=O) groups is 6. The molecule has 490 valence electrons. The average molecular weight is 1220 g/mol. The van der Waals surface area contributed by atoms with E-state index in [1.165, 1.54) is 89.9 Å². The average Bonchev–Trinajstić information content (AvgIpc) is 2.56. The molecule has 15 nitrogen and oxygen atoms in total. The SMILES string of the molecule is CCC(C)(C)C(=O)OC1CC2CC(C(=O)OCOC3C4CC5CC(C4)CC3C5)C1C2.CCC(C)(C)C(=O)OC1CC2CC(C(=O)OCOC3CCCCC3)C1C2.CCC(C)(C)C(=O)OC1CC2CC(C(=O)OCOCC34CC5CC(CC(C5)C3)C4)C1C2. The van der Waals surface area contributed by atoms with Crippen LogP contribution in [0.3, 0.4) is 0 Å². The fourth-order valence-corrected chi connectivity index (χ4v) is 20.3. The van der Waals surface area contributed by atoms with Crippen LogP contribution in [0.4, 0.5) is 0 Å². The van der Waals surface area contributed by atoms with Crippen molar-refractivity contribution in [3.63, 3.8) is 0 Å². The normalized spacial score (nSPS) is 39.8. The predicted molar refractivity (Wildman–Crippen MR) is 324 cm³/mol. The number of esters is 6. The maximum atomic E-state index is 12.8. The highest BCUT2D eigenvalue weighted by Gasteiger charge is 2.56. The number of hydrogen-bond acceptors (Lipinski definition) is 15. The van der Waals surface area contributed by atoms with Crippen LogP contribution in [0, 0.1) is 116 Å². The zero-order chi connectivity index (χ0) is 61.6. The molecule has 12 atom stereocenters. The summed E-state index contributed by atoms with van der Waals surface area (Å²) in [6, 6.07) is 0. The second kappa shape index (κ2) is 27.1. The summed E-state index contributed by atoms with van der Waals surface area (Å²) in [5.74, 6) is 6.29. The quantitative estimate of drug-likeness (QED) is 0.0431. The highest BCUT2D eigenvalue weighted by Crippen LogP contribution is 2.61. The van der Waals surface area contributed by atoms with Crippen molar-refractivity contribution in [2.45, 2.75) is 273 Å². The van der Waals surface area contributed by atoms with Gasteiger partial charge in [0.05, 0.1) is 52.8 Å². The van der Waals surface area contributed by atoms with E-state index in [0.717, 1.165) is 126 Å². The minimum Gasteiger partial charge on any atom is -0.462 e. The fraction of sp³-hybridized carbons (Fsp3) is 0.917. The summed E-state index contributed by atoms with van der Waals surface area (Å²) in [6.07, 6.45) is 31.2. The van der Waals surface area contributed by atoms with Crippen molar-refractivity contribution in [1.82, 2.24) is 0 Å². The van der Waals surface area contributed by atoms with Crippen LogP contribution in [0.2, 0.25) is 0 Å². The molecule has 0 aliphatic heterocycles. The smallest absolute Gasteiger partial charge is 0.311 e. The van der Waals surface area contributed by atoms with E-state index in [9.17, 15) is 28.8 Å².